The van der Waals surface area contributed by atoms with Crippen LogP contribution in [0.25, 0.3) is 0 Å². The van der Waals surface area contributed by atoms with Gasteiger partial charge in [-0.25, -0.2) is 0 Å². The Morgan fingerprint density at radius 1 is 0.818 bits per heavy atom. The lowest BCUT2D eigenvalue weighted by Gasteiger charge is -2.39. The monoisotopic (exact) mass is 907 g/mol. The van der Waals surface area contributed by atoms with Crippen LogP contribution in [0.15, 0.2) is 127 Å². The Bertz CT molecular complexity index is 2550. The molecule has 5 aromatic carbocycles. The van der Waals surface area contributed by atoms with Crippen molar-refractivity contribution in [1.29, 1.82) is 0 Å². The number of hydrogen-bond acceptors (Lipinski definition) is 9. The maximum absolute atomic E-state index is 15.8. The Labute approximate surface area is 389 Å². The number of carbonyl (C=O) groups is 3. The highest BCUT2D eigenvalue weighted by Crippen LogP contribution is 2.60. The van der Waals surface area contributed by atoms with E-state index in [2.05, 4.69) is 54.5 Å². The number of anilines is 3. The van der Waals surface area contributed by atoms with Crippen molar-refractivity contribution >= 4 is 48.0 Å². The molecule has 344 valence electrons. The maximum Gasteiger partial charge on any atom is 0.264 e. The van der Waals surface area contributed by atoms with Crippen LogP contribution >= 0.6 is 0 Å². The summed E-state index contributed by atoms with van der Waals surface area (Å²) in [6, 6.07) is 41.8. The van der Waals surface area contributed by atoms with Crippen molar-refractivity contribution < 1.29 is 33.7 Å². The summed E-state index contributed by atoms with van der Waals surface area (Å²) in [5, 5.41) is 14.8. The van der Waals surface area contributed by atoms with Crippen molar-refractivity contribution in [3.05, 3.63) is 144 Å². The second-order valence-electron chi connectivity index (χ2n) is 18.7. The summed E-state index contributed by atoms with van der Waals surface area (Å²) in [4.78, 5) is 52.6. The number of piperidine rings is 1. The van der Waals surface area contributed by atoms with E-state index in [4.69, 9.17) is 14.2 Å². The molecule has 12 nitrogen and oxygen atoms in total. The van der Waals surface area contributed by atoms with E-state index in [1.807, 2.05) is 113 Å². The summed E-state index contributed by atoms with van der Waals surface area (Å²) >= 11 is 0. The summed E-state index contributed by atoms with van der Waals surface area (Å²) in [5.41, 5.74) is 2.79. The fourth-order valence-electron chi connectivity index (χ4n) is 11.5. The first-order chi connectivity index (χ1) is 31.9. The molecule has 4 heterocycles. The highest BCUT2D eigenvalue weighted by molar-refractivity contribution is 6.91. The third-order valence-corrected chi connectivity index (χ3v) is 19.2. The number of hydrogen-bond donors (Lipinski definition) is 2. The van der Waals surface area contributed by atoms with E-state index in [-0.39, 0.29) is 55.3 Å². The third-order valence-electron chi connectivity index (χ3n) is 14.9. The maximum atomic E-state index is 15.8. The summed E-state index contributed by atoms with van der Waals surface area (Å²) < 4.78 is 18.7. The minimum atomic E-state index is -2.59. The van der Waals surface area contributed by atoms with E-state index < -0.39 is 25.3 Å². The van der Waals surface area contributed by atoms with Gasteiger partial charge in [0.2, 0.25) is 5.91 Å². The first kappa shape index (κ1) is 45.2. The molecule has 13 heteroatoms. The summed E-state index contributed by atoms with van der Waals surface area (Å²) in [5.74, 6) is 0.738. The largest absolute Gasteiger partial charge is 0.497 e. The van der Waals surface area contributed by atoms with Gasteiger partial charge in [-0.05, 0) is 97.2 Å². The lowest BCUT2D eigenvalue weighted by molar-refractivity contribution is -0.150. The topological polar surface area (TPSA) is 124 Å². The SMILES string of the molecule is COc1ccc([Si](C)(C)[C@@H]2[C@@H](CC(=O)N(CCO)Cc3ccccc3)O[C@]3(C(=O)N(Cc4cccc(N5CN(c6ccccc6)C6(CCNCC6)C5=O)c4)c4ccc(OC)cc43)[C@H]2C)cc1. The molecule has 4 aliphatic rings. The zero-order chi connectivity index (χ0) is 46.2. The van der Waals surface area contributed by atoms with Gasteiger partial charge in [-0.3, -0.25) is 19.3 Å². The number of aliphatic hydroxyl groups is 1. The number of fused-ring (bicyclic) bond motifs is 2. The minimum absolute atomic E-state index is 0.0339. The molecule has 9 rings (SSSR count). The van der Waals surface area contributed by atoms with Gasteiger partial charge in [0.05, 0.1) is 60.3 Å². The third kappa shape index (κ3) is 7.85. The number of ether oxygens (including phenoxy) is 3. The van der Waals surface area contributed by atoms with Gasteiger partial charge in [0.25, 0.3) is 11.8 Å². The van der Waals surface area contributed by atoms with Gasteiger partial charge in [0.15, 0.2) is 5.60 Å². The number of nitrogens with zero attached hydrogens (tertiary/aromatic N) is 4. The number of nitrogens with one attached hydrogen (secondary N) is 1. The van der Waals surface area contributed by atoms with Crippen LogP contribution < -0.4 is 34.7 Å². The van der Waals surface area contributed by atoms with Crippen LogP contribution in [0.3, 0.4) is 0 Å². The lowest BCUT2D eigenvalue weighted by atomic mass is 9.82. The van der Waals surface area contributed by atoms with Gasteiger partial charge < -0.3 is 39.3 Å². The number of methoxy groups -OCH3 is 2. The second-order valence-corrected chi connectivity index (χ2v) is 23.4. The molecule has 0 saturated carbocycles. The Morgan fingerprint density at radius 3 is 2.15 bits per heavy atom. The zero-order valence-electron chi connectivity index (χ0n) is 38.6. The molecule has 0 unspecified atom stereocenters. The van der Waals surface area contributed by atoms with Crippen LogP contribution in [-0.4, -0.2) is 94.6 Å². The molecule has 3 amide bonds. The van der Waals surface area contributed by atoms with Crippen LogP contribution in [-0.2, 0) is 37.8 Å². The Morgan fingerprint density at radius 2 is 1.47 bits per heavy atom. The number of benzene rings is 5. The number of amides is 3. The van der Waals surface area contributed by atoms with Gasteiger partial charge in [0, 0.05) is 35.9 Å². The Kier molecular flexibility index (Phi) is 12.6. The van der Waals surface area contributed by atoms with Crippen molar-refractivity contribution in [2.24, 2.45) is 5.92 Å². The van der Waals surface area contributed by atoms with E-state index >= 15 is 4.79 Å². The van der Waals surface area contributed by atoms with E-state index in [1.165, 1.54) is 0 Å². The Balaban J connectivity index is 1.07. The molecule has 0 aliphatic carbocycles. The highest BCUT2D eigenvalue weighted by atomic mass is 28.3. The van der Waals surface area contributed by atoms with Crippen LogP contribution in [0.5, 0.6) is 11.5 Å². The van der Waals surface area contributed by atoms with Crippen LogP contribution in [0, 0.1) is 5.92 Å². The molecule has 2 N–H and O–H groups in total. The predicted molar refractivity (Wildman–Crippen MR) is 260 cm³/mol. The van der Waals surface area contributed by atoms with Gasteiger partial charge in [0.1, 0.15) is 17.0 Å². The van der Waals surface area contributed by atoms with E-state index in [0.717, 1.165) is 52.2 Å². The fraction of sp³-hybridized carbons (Fsp3) is 0.377. The number of rotatable bonds is 14. The summed E-state index contributed by atoms with van der Waals surface area (Å²) in [6.07, 6.45) is 0.817. The molecule has 66 heavy (non-hydrogen) atoms. The molecule has 3 fully saturated rings. The normalized spacial score (nSPS) is 22.3. The molecule has 4 aliphatic heterocycles. The Hall–Kier alpha value is -5.99. The second kappa shape index (κ2) is 18.4. The van der Waals surface area contributed by atoms with Crippen molar-refractivity contribution in [2.45, 2.75) is 75.2 Å². The van der Waals surface area contributed by atoms with Crippen molar-refractivity contribution in [2.75, 3.05) is 61.8 Å². The standard InChI is InChI=1S/C53H61N5O7Si/c1-37-49(66(4,5)44-22-19-42(63-2)20-23-44)47(33-48(60)55(29-30-59)34-38-13-8-6-9-14-38)65-53(37)45-32-43(64-3)21-24-46(45)56(51(53)62)35-39-15-12-18-41(31-39)57-36-58(40-16-10-7-11-17-40)52(50(57)61)25-27-54-28-26-52/h6-24,31-32,37,47,49,54,59H,25-30,33-36H2,1-5H3/t37-,47+,49-,53+/m0/s1. The van der Waals surface area contributed by atoms with Crippen molar-refractivity contribution in [1.82, 2.24) is 10.2 Å². The molecule has 0 aromatic heterocycles. The predicted octanol–water partition coefficient (Wildman–Crippen LogP) is 6.81. The molecule has 3 saturated heterocycles. The molecule has 5 aromatic rings. The van der Waals surface area contributed by atoms with Crippen molar-refractivity contribution in [3.63, 3.8) is 0 Å². The van der Waals surface area contributed by atoms with Gasteiger partial charge >= 0.3 is 0 Å². The average molecular weight is 908 g/mol. The smallest absolute Gasteiger partial charge is 0.264 e. The first-order valence-electron chi connectivity index (χ1n) is 23.1. The summed E-state index contributed by atoms with van der Waals surface area (Å²) in [7, 11) is 0.680. The lowest BCUT2D eigenvalue weighted by Crippen LogP contribution is -2.55. The van der Waals surface area contributed by atoms with E-state index in [0.29, 0.717) is 37.4 Å². The van der Waals surface area contributed by atoms with Crippen molar-refractivity contribution in [3.8, 4) is 11.5 Å². The van der Waals surface area contributed by atoms with Gasteiger partial charge in [-0.2, -0.15) is 0 Å². The highest BCUT2D eigenvalue weighted by Gasteiger charge is 2.66. The number of aliphatic hydroxyl groups excluding tert-OH is 1. The molecule has 4 atom stereocenters. The zero-order valence-corrected chi connectivity index (χ0v) is 39.6. The fourth-order valence-corrected chi connectivity index (χ4v) is 15.5. The molecule has 2 spiro atoms. The van der Waals surface area contributed by atoms with Crippen LogP contribution in [0.4, 0.5) is 17.1 Å². The number of para-hydroxylation sites is 1. The summed E-state index contributed by atoms with van der Waals surface area (Å²) in [6.45, 7) is 9.21. The van der Waals surface area contributed by atoms with Gasteiger partial charge in [-0.1, -0.05) is 98.0 Å². The van der Waals surface area contributed by atoms with Crippen LogP contribution in [0.1, 0.15) is 42.9 Å². The minimum Gasteiger partial charge on any atom is -0.497 e. The quantitative estimate of drug-likeness (QED) is 0.116. The average Bonchev–Trinajstić information content (AvgIpc) is 3.89. The molecule has 0 bridgehead atoms. The molecular weight excluding hydrogens is 847 g/mol. The number of carbonyl (C=O) groups excluding carboxylic acids is 3. The van der Waals surface area contributed by atoms with E-state index in [1.54, 1.807) is 19.1 Å². The van der Waals surface area contributed by atoms with E-state index in [9.17, 15) is 14.7 Å². The molecular formula is C53H61N5O7Si. The first-order valence-corrected chi connectivity index (χ1v) is 26.2. The van der Waals surface area contributed by atoms with Crippen LogP contribution in [0.2, 0.25) is 18.6 Å². The van der Waals surface area contributed by atoms with Gasteiger partial charge in [-0.15, -0.1) is 0 Å². The molecule has 0 radical (unpaired) electrons.